The minimum atomic E-state index is 0.692. The molecule has 2 aliphatic rings. The average molecular weight is 256 g/mol. The lowest BCUT2D eigenvalue weighted by Gasteiger charge is -2.22. The van der Waals surface area contributed by atoms with Gasteiger partial charge in [0.25, 0.3) is 0 Å². The smallest absolute Gasteiger partial charge is 0.134 e. The number of benzene rings is 1. The van der Waals surface area contributed by atoms with E-state index in [1.54, 1.807) is 0 Å². The lowest BCUT2D eigenvalue weighted by Crippen LogP contribution is -2.34. The quantitative estimate of drug-likeness (QED) is 0.895. The zero-order valence-corrected chi connectivity index (χ0v) is 11.1. The lowest BCUT2D eigenvalue weighted by molar-refractivity contribution is 0.234. The first-order chi connectivity index (χ1) is 9.37. The van der Waals surface area contributed by atoms with Crippen LogP contribution in [0.15, 0.2) is 34.7 Å². The van der Waals surface area contributed by atoms with Gasteiger partial charge in [0, 0.05) is 30.6 Å². The lowest BCUT2D eigenvalue weighted by atomic mass is 10.1. The molecule has 3 heterocycles. The van der Waals surface area contributed by atoms with Crippen molar-refractivity contribution in [2.24, 2.45) is 0 Å². The van der Waals surface area contributed by atoms with E-state index in [1.807, 2.05) is 12.1 Å². The van der Waals surface area contributed by atoms with E-state index in [1.165, 1.54) is 31.2 Å². The SMILES string of the molecule is c1ccc2oc(CN3CCC4CCC(C3)N4)cc2c1. The topological polar surface area (TPSA) is 28.4 Å². The molecule has 3 nitrogen and oxygen atoms in total. The molecular formula is C16H20N2O. The summed E-state index contributed by atoms with van der Waals surface area (Å²) in [4.78, 5) is 2.54. The first-order valence-electron chi connectivity index (χ1n) is 7.33. The van der Waals surface area contributed by atoms with Crippen LogP contribution in [-0.4, -0.2) is 30.1 Å². The van der Waals surface area contributed by atoms with E-state index in [-0.39, 0.29) is 0 Å². The van der Waals surface area contributed by atoms with Crippen molar-refractivity contribution in [1.29, 1.82) is 0 Å². The summed E-state index contributed by atoms with van der Waals surface area (Å²) in [6, 6.07) is 11.9. The minimum absolute atomic E-state index is 0.692. The van der Waals surface area contributed by atoms with Crippen molar-refractivity contribution in [3.05, 3.63) is 36.1 Å². The Hall–Kier alpha value is -1.32. The van der Waals surface area contributed by atoms with Gasteiger partial charge < -0.3 is 9.73 Å². The average Bonchev–Trinajstić information content (AvgIpc) is 2.95. The summed E-state index contributed by atoms with van der Waals surface area (Å²) in [5.41, 5.74) is 1.01. The second kappa shape index (κ2) is 4.66. The Morgan fingerprint density at radius 3 is 3.00 bits per heavy atom. The summed E-state index contributed by atoms with van der Waals surface area (Å²) in [7, 11) is 0. The molecule has 2 aromatic rings. The third-order valence-electron chi connectivity index (χ3n) is 4.46. The number of para-hydroxylation sites is 1. The molecular weight excluding hydrogens is 236 g/mol. The van der Waals surface area contributed by atoms with Gasteiger partial charge in [-0.3, -0.25) is 4.90 Å². The fraction of sp³-hybridized carbons (Fsp3) is 0.500. The van der Waals surface area contributed by atoms with Gasteiger partial charge in [0.15, 0.2) is 0 Å². The Balaban J connectivity index is 1.51. The molecule has 2 saturated heterocycles. The molecule has 2 atom stereocenters. The van der Waals surface area contributed by atoms with E-state index in [2.05, 4.69) is 28.4 Å². The Bertz CT molecular complexity index is 544. The number of fused-ring (bicyclic) bond motifs is 3. The van der Waals surface area contributed by atoms with Gasteiger partial charge >= 0.3 is 0 Å². The van der Waals surface area contributed by atoms with E-state index in [9.17, 15) is 0 Å². The van der Waals surface area contributed by atoms with Gasteiger partial charge in [-0.05, 0) is 31.4 Å². The number of nitrogens with one attached hydrogen (secondary N) is 1. The van der Waals surface area contributed by atoms with Gasteiger partial charge in [-0.25, -0.2) is 0 Å². The van der Waals surface area contributed by atoms with Crippen LogP contribution in [-0.2, 0) is 6.54 Å². The monoisotopic (exact) mass is 256 g/mol. The van der Waals surface area contributed by atoms with Crippen molar-refractivity contribution in [2.45, 2.75) is 37.9 Å². The van der Waals surface area contributed by atoms with Gasteiger partial charge in [0.2, 0.25) is 0 Å². The van der Waals surface area contributed by atoms with Gasteiger partial charge in [-0.2, -0.15) is 0 Å². The van der Waals surface area contributed by atoms with Crippen molar-refractivity contribution in [1.82, 2.24) is 10.2 Å². The second-order valence-corrected chi connectivity index (χ2v) is 5.91. The van der Waals surface area contributed by atoms with Crippen LogP contribution in [0.3, 0.4) is 0 Å². The molecule has 0 radical (unpaired) electrons. The molecule has 0 saturated carbocycles. The van der Waals surface area contributed by atoms with Crippen LogP contribution in [0.1, 0.15) is 25.0 Å². The molecule has 2 bridgehead atoms. The highest BCUT2D eigenvalue weighted by Crippen LogP contribution is 2.24. The van der Waals surface area contributed by atoms with Crippen LogP contribution in [0.4, 0.5) is 0 Å². The Labute approximate surface area is 113 Å². The Morgan fingerprint density at radius 1 is 1.16 bits per heavy atom. The second-order valence-electron chi connectivity index (χ2n) is 5.91. The first kappa shape index (κ1) is 11.5. The Morgan fingerprint density at radius 2 is 2.05 bits per heavy atom. The van der Waals surface area contributed by atoms with E-state index in [4.69, 9.17) is 4.42 Å². The molecule has 2 unspecified atom stereocenters. The maximum Gasteiger partial charge on any atom is 0.134 e. The van der Waals surface area contributed by atoms with Crippen LogP contribution in [0.5, 0.6) is 0 Å². The van der Waals surface area contributed by atoms with Crippen molar-refractivity contribution in [3.63, 3.8) is 0 Å². The number of hydrogen-bond donors (Lipinski definition) is 1. The number of rotatable bonds is 2. The van der Waals surface area contributed by atoms with Gasteiger partial charge in [0.1, 0.15) is 11.3 Å². The van der Waals surface area contributed by atoms with Crippen molar-refractivity contribution in [3.8, 4) is 0 Å². The zero-order valence-electron chi connectivity index (χ0n) is 11.1. The molecule has 4 rings (SSSR count). The van der Waals surface area contributed by atoms with Crippen molar-refractivity contribution < 1.29 is 4.42 Å². The van der Waals surface area contributed by atoms with Gasteiger partial charge in [-0.1, -0.05) is 18.2 Å². The van der Waals surface area contributed by atoms with Crippen molar-refractivity contribution >= 4 is 11.0 Å². The summed E-state index contributed by atoms with van der Waals surface area (Å²) in [5, 5.41) is 4.94. The molecule has 1 N–H and O–H groups in total. The van der Waals surface area contributed by atoms with E-state index in [0.29, 0.717) is 6.04 Å². The minimum Gasteiger partial charge on any atom is -0.460 e. The highest BCUT2D eigenvalue weighted by molar-refractivity contribution is 5.77. The number of nitrogens with zero attached hydrogens (tertiary/aromatic N) is 1. The number of furan rings is 1. The molecule has 0 spiro atoms. The zero-order chi connectivity index (χ0) is 12.7. The molecule has 2 fully saturated rings. The maximum absolute atomic E-state index is 5.93. The van der Waals surface area contributed by atoms with Crippen LogP contribution in [0.25, 0.3) is 11.0 Å². The predicted molar refractivity (Wildman–Crippen MR) is 76.1 cm³/mol. The van der Waals surface area contributed by atoms with Gasteiger partial charge in [0.05, 0.1) is 6.54 Å². The standard InChI is InChI=1S/C16H20N2O/c1-2-4-16-12(3-1)9-15(19-16)11-18-8-7-13-5-6-14(10-18)17-13/h1-4,9,13-14,17H,5-8,10-11H2. The van der Waals surface area contributed by atoms with E-state index >= 15 is 0 Å². The normalized spacial score (nSPS) is 27.8. The molecule has 1 aromatic heterocycles. The number of hydrogen-bond acceptors (Lipinski definition) is 3. The van der Waals surface area contributed by atoms with Crippen LogP contribution < -0.4 is 5.32 Å². The Kier molecular flexibility index (Phi) is 2.82. The highest BCUT2D eigenvalue weighted by atomic mass is 16.3. The summed E-state index contributed by atoms with van der Waals surface area (Å²) in [5.74, 6) is 1.10. The molecule has 0 aliphatic carbocycles. The predicted octanol–water partition coefficient (Wildman–Crippen LogP) is 2.76. The molecule has 100 valence electrons. The van der Waals surface area contributed by atoms with Crippen LogP contribution >= 0.6 is 0 Å². The van der Waals surface area contributed by atoms with Gasteiger partial charge in [-0.15, -0.1) is 0 Å². The van der Waals surface area contributed by atoms with Crippen LogP contribution in [0.2, 0.25) is 0 Å². The molecule has 0 amide bonds. The fourth-order valence-corrected chi connectivity index (χ4v) is 3.49. The molecule has 2 aliphatic heterocycles. The van der Waals surface area contributed by atoms with E-state index in [0.717, 1.165) is 30.5 Å². The fourth-order valence-electron chi connectivity index (χ4n) is 3.49. The van der Waals surface area contributed by atoms with Crippen LogP contribution in [0, 0.1) is 0 Å². The number of likely N-dealkylation sites (tertiary alicyclic amines) is 1. The summed E-state index contributed by atoms with van der Waals surface area (Å²) in [6.07, 6.45) is 3.97. The van der Waals surface area contributed by atoms with Crippen molar-refractivity contribution in [2.75, 3.05) is 13.1 Å². The van der Waals surface area contributed by atoms with E-state index < -0.39 is 0 Å². The first-order valence-corrected chi connectivity index (χ1v) is 7.33. The molecule has 1 aromatic carbocycles. The largest absolute Gasteiger partial charge is 0.460 e. The summed E-state index contributed by atoms with van der Waals surface area (Å²) in [6.45, 7) is 3.29. The highest BCUT2D eigenvalue weighted by Gasteiger charge is 2.29. The molecule has 3 heteroatoms. The summed E-state index contributed by atoms with van der Waals surface area (Å²) < 4.78 is 5.93. The third-order valence-corrected chi connectivity index (χ3v) is 4.46. The summed E-state index contributed by atoms with van der Waals surface area (Å²) >= 11 is 0. The third kappa shape index (κ3) is 2.28. The maximum atomic E-state index is 5.93. The molecule has 19 heavy (non-hydrogen) atoms.